The van der Waals surface area contributed by atoms with Crippen LogP contribution in [-0.2, 0) is 13.0 Å². The number of aliphatic hydroxyl groups is 1. The number of hydrogen-bond donors (Lipinski definition) is 2. The van der Waals surface area contributed by atoms with Gasteiger partial charge in [-0.1, -0.05) is 11.3 Å². The molecule has 0 amide bonds. The number of aromatic nitrogens is 3. The third kappa shape index (κ3) is 4.56. The first-order chi connectivity index (χ1) is 8.60. The molecule has 5 nitrogen and oxygen atoms in total. The second-order valence-corrected chi connectivity index (χ2v) is 5.10. The predicted octanol–water partition coefficient (Wildman–Crippen LogP) is -1.97. The average Bonchev–Trinajstić information content (AvgIpc) is 2.61. The maximum atomic E-state index is 8.98. The van der Waals surface area contributed by atoms with Crippen LogP contribution in [0, 0.1) is 13.8 Å². The molecule has 0 bridgehead atoms. The number of aliphatic hydroxyl groups excluding tert-OH is 1. The molecule has 0 atom stereocenters. The molecule has 0 saturated carbocycles. The van der Waals surface area contributed by atoms with Crippen molar-refractivity contribution in [1.29, 1.82) is 0 Å². The summed E-state index contributed by atoms with van der Waals surface area (Å²) in [5, 5.41) is 8.98. The SMILES string of the molecule is Cc1nc(N)cc(C[n+]2csc(CCO)c2C)n1.Cl.[Cl-]. The summed E-state index contributed by atoms with van der Waals surface area (Å²) >= 11 is 1.66. The maximum absolute atomic E-state index is 8.98. The Morgan fingerprint density at radius 3 is 2.65 bits per heavy atom. The fraction of sp³-hybridized carbons (Fsp3) is 0.417. The van der Waals surface area contributed by atoms with Crippen LogP contribution in [0.1, 0.15) is 22.1 Å². The van der Waals surface area contributed by atoms with Crippen LogP contribution in [0.25, 0.3) is 0 Å². The minimum absolute atomic E-state index is 0. The molecule has 2 aromatic rings. The number of nitrogens with two attached hydrogens (primary N) is 1. The molecule has 2 aromatic heterocycles. The van der Waals surface area contributed by atoms with E-state index >= 15 is 0 Å². The van der Waals surface area contributed by atoms with Crippen molar-refractivity contribution in [2.75, 3.05) is 12.3 Å². The van der Waals surface area contributed by atoms with E-state index in [0.29, 0.717) is 24.6 Å². The molecule has 0 unspecified atom stereocenters. The zero-order valence-electron chi connectivity index (χ0n) is 11.3. The number of aryl methyl sites for hydroxylation is 1. The molecule has 112 valence electrons. The zero-order valence-corrected chi connectivity index (χ0v) is 13.7. The minimum Gasteiger partial charge on any atom is -1.00 e. The summed E-state index contributed by atoms with van der Waals surface area (Å²) in [4.78, 5) is 9.63. The quantitative estimate of drug-likeness (QED) is 0.635. The lowest BCUT2D eigenvalue weighted by Crippen LogP contribution is -3.00. The van der Waals surface area contributed by atoms with Gasteiger partial charge in [0.1, 0.15) is 17.3 Å². The molecule has 20 heavy (non-hydrogen) atoms. The molecule has 2 rings (SSSR count). The first-order valence-corrected chi connectivity index (χ1v) is 6.65. The molecular formula is C12H18Cl2N4OS. The Morgan fingerprint density at radius 1 is 1.35 bits per heavy atom. The fourth-order valence-electron chi connectivity index (χ4n) is 1.86. The van der Waals surface area contributed by atoms with E-state index in [4.69, 9.17) is 10.8 Å². The summed E-state index contributed by atoms with van der Waals surface area (Å²) in [5.41, 5.74) is 9.84. The molecular weight excluding hydrogens is 319 g/mol. The highest BCUT2D eigenvalue weighted by Gasteiger charge is 2.16. The molecule has 0 saturated heterocycles. The summed E-state index contributed by atoms with van der Waals surface area (Å²) < 4.78 is 2.12. The van der Waals surface area contributed by atoms with Gasteiger partial charge in [0.15, 0.2) is 12.2 Å². The summed E-state index contributed by atoms with van der Waals surface area (Å²) in [5.74, 6) is 1.19. The fourth-order valence-corrected chi connectivity index (χ4v) is 2.84. The molecule has 2 heterocycles. The highest BCUT2D eigenvalue weighted by atomic mass is 35.5. The third-order valence-corrected chi connectivity index (χ3v) is 3.88. The number of hydrogen-bond acceptors (Lipinski definition) is 5. The maximum Gasteiger partial charge on any atom is 0.225 e. The number of anilines is 1. The van der Waals surface area contributed by atoms with Crippen LogP contribution in [0.3, 0.4) is 0 Å². The third-order valence-electron chi connectivity index (χ3n) is 2.74. The monoisotopic (exact) mass is 336 g/mol. The van der Waals surface area contributed by atoms with E-state index in [1.807, 2.05) is 12.4 Å². The van der Waals surface area contributed by atoms with E-state index in [1.165, 1.54) is 10.6 Å². The van der Waals surface area contributed by atoms with Gasteiger partial charge in [0.25, 0.3) is 0 Å². The van der Waals surface area contributed by atoms with Crippen LogP contribution >= 0.6 is 23.7 Å². The number of halogens is 2. The van der Waals surface area contributed by atoms with Gasteiger partial charge >= 0.3 is 0 Å². The molecule has 0 aromatic carbocycles. The van der Waals surface area contributed by atoms with Crippen LogP contribution in [-0.4, -0.2) is 21.7 Å². The Hall–Kier alpha value is -0.950. The molecule has 0 aliphatic carbocycles. The van der Waals surface area contributed by atoms with Gasteiger partial charge in [-0.25, -0.2) is 9.97 Å². The van der Waals surface area contributed by atoms with Crippen LogP contribution < -0.4 is 22.7 Å². The van der Waals surface area contributed by atoms with E-state index in [0.717, 1.165) is 5.69 Å². The molecule has 0 radical (unpaired) electrons. The van der Waals surface area contributed by atoms with Gasteiger partial charge in [0.2, 0.25) is 5.51 Å². The van der Waals surface area contributed by atoms with E-state index in [9.17, 15) is 0 Å². The van der Waals surface area contributed by atoms with E-state index < -0.39 is 0 Å². The molecule has 0 aliphatic heterocycles. The van der Waals surface area contributed by atoms with Gasteiger partial charge in [0.05, 0.1) is 4.88 Å². The van der Waals surface area contributed by atoms with Crippen LogP contribution in [0.4, 0.5) is 5.82 Å². The largest absolute Gasteiger partial charge is 1.00 e. The van der Waals surface area contributed by atoms with Crippen LogP contribution in [0.2, 0.25) is 0 Å². The topological polar surface area (TPSA) is 75.9 Å². The number of thiazole rings is 1. The van der Waals surface area contributed by atoms with Crippen molar-refractivity contribution in [1.82, 2.24) is 9.97 Å². The van der Waals surface area contributed by atoms with Crippen LogP contribution in [0.5, 0.6) is 0 Å². The zero-order chi connectivity index (χ0) is 13.1. The Balaban J connectivity index is 0.00000180. The highest BCUT2D eigenvalue weighted by Crippen LogP contribution is 2.12. The van der Waals surface area contributed by atoms with Crippen molar-refractivity contribution in [3.05, 3.63) is 33.7 Å². The second-order valence-electron chi connectivity index (χ2n) is 4.16. The van der Waals surface area contributed by atoms with Crippen molar-refractivity contribution in [3.63, 3.8) is 0 Å². The molecule has 0 spiro atoms. The number of nitrogen functional groups attached to an aromatic ring is 1. The Morgan fingerprint density at radius 2 is 2.05 bits per heavy atom. The highest BCUT2D eigenvalue weighted by molar-refractivity contribution is 7.09. The van der Waals surface area contributed by atoms with E-state index in [1.54, 1.807) is 17.4 Å². The van der Waals surface area contributed by atoms with E-state index in [-0.39, 0.29) is 31.4 Å². The lowest BCUT2D eigenvalue weighted by atomic mass is 10.3. The summed E-state index contributed by atoms with van der Waals surface area (Å²) in [6.07, 6.45) is 0.703. The Bertz CT molecular complexity index is 542. The molecule has 0 fully saturated rings. The summed E-state index contributed by atoms with van der Waals surface area (Å²) in [6, 6.07) is 1.79. The first-order valence-electron chi connectivity index (χ1n) is 5.77. The molecule has 0 aliphatic rings. The average molecular weight is 337 g/mol. The van der Waals surface area contributed by atoms with Crippen molar-refractivity contribution in [2.24, 2.45) is 0 Å². The summed E-state index contributed by atoms with van der Waals surface area (Å²) in [6.45, 7) is 4.75. The molecule has 3 N–H and O–H groups in total. The van der Waals surface area contributed by atoms with Crippen molar-refractivity contribution in [2.45, 2.75) is 26.8 Å². The van der Waals surface area contributed by atoms with Crippen molar-refractivity contribution >= 4 is 29.6 Å². The second kappa shape index (κ2) is 8.36. The van der Waals surface area contributed by atoms with Gasteiger partial charge in [-0.3, -0.25) is 0 Å². The van der Waals surface area contributed by atoms with E-state index in [2.05, 4.69) is 21.5 Å². The number of nitrogens with zero attached hydrogens (tertiary/aromatic N) is 3. The van der Waals surface area contributed by atoms with Gasteiger partial charge in [-0.2, -0.15) is 4.57 Å². The van der Waals surface area contributed by atoms with Gasteiger partial charge < -0.3 is 23.2 Å². The molecule has 8 heteroatoms. The standard InChI is InChI=1S/C12H17N4OS.2ClH/c1-8-11(3-4-17)18-7-16(8)6-10-5-12(13)15-9(2)14-10;;/h5,7,17H,3-4,6H2,1-2H3,(H2,13,14,15);2*1H/q+1;;/p-1. The smallest absolute Gasteiger partial charge is 0.225 e. The minimum atomic E-state index is 0. The Kier molecular flexibility index (Phi) is 7.96. The normalized spacial score (nSPS) is 9.75. The van der Waals surface area contributed by atoms with Crippen molar-refractivity contribution < 1.29 is 22.1 Å². The van der Waals surface area contributed by atoms with Gasteiger partial charge in [0, 0.05) is 26.0 Å². The predicted molar refractivity (Wildman–Crippen MR) is 77.6 cm³/mol. The van der Waals surface area contributed by atoms with Crippen LogP contribution in [0.15, 0.2) is 11.6 Å². The number of rotatable bonds is 4. The lowest BCUT2D eigenvalue weighted by Gasteiger charge is -2.00. The van der Waals surface area contributed by atoms with Gasteiger partial charge in [-0.15, -0.1) is 12.4 Å². The van der Waals surface area contributed by atoms with Gasteiger partial charge in [-0.05, 0) is 6.92 Å². The summed E-state index contributed by atoms with van der Waals surface area (Å²) in [7, 11) is 0. The Labute approximate surface area is 134 Å². The lowest BCUT2D eigenvalue weighted by molar-refractivity contribution is -0.690. The van der Waals surface area contributed by atoms with Crippen molar-refractivity contribution in [3.8, 4) is 0 Å². The first kappa shape index (κ1) is 19.1.